The minimum atomic E-state index is -1.29. The zero-order valence-corrected chi connectivity index (χ0v) is 20.3. The summed E-state index contributed by atoms with van der Waals surface area (Å²) in [4.78, 5) is 18.8. The summed E-state index contributed by atoms with van der Waals surface area (Å²) in [7, 11) is 2.66. The monoisotopic (exact) mass is 456 g/mol. The number of aromatic nitrogens is 2. The van der Waals surface area contributed by atoms with E-state index >= 15 is 0 Å². The third kappa shape index (κ3) is 6.98. The average Bonchev–Trinajstić information content (AvgIpc) is 3.03. The number of benzene rings is 1. The Morgan fingerprint density at radius 2 is 2.00 bits per heavy atom. The Bertz CT molecular complexity index is 897. The fourth-order valence-corrected chi connectivity index (χ4v) is 3.76. The van der Waals surface area contributed by atoms with E-state index in [-0.39, 0.29) is 29.9 Å². The van der Waals surface area contributed by atoms with Gasteiger partial charge in [0.15, 0.2) is 11.6 Å². The first-order valence-corrected chi connectivity index (χ1v) is 14.3. The maximum atomic E-state index is 14.6. The van der Waals surface area contributed by atoms with Gasteiger partial charge in [0.2, 0.25) is 5.95 Å². The number of hydrogen-bond donors (Lipinski definition) is 1. The number of rotatable bonds is 12. The molecule has 2 rings (SSSR count). The number of nitrogens with one attached hydrogen (secondary N) is 1. The molecule has 0 aliphatic carbocycles. The van der Waals surface area contributed by atoms with Crippen molar-refractivity contribution in [2.75, 3.05) is 45.7 Å². The molecule has 1 heterocycles. The molecule has 0 bridgehead atoms. The van der Waals surface area contributed by atoms with E-state index in [4.69, 9.17) is 9.47 Å². The lowest BCUT2D eigenvalue weighted by Gasteiger charge is -2.17. The first-order valence-electron chi connectivity index (χ1n) is 10.6. The summed E-state index contributed by atoms with van der Waals surface area (Å²) in [5.41, 5.74) is -0.120. The zero-order chi connectivity index (χ0) is 23.2. The number of hydrogen-bond acceptors (Lipinski definition) is 6. The molecule has 0 radical (unpaired) electrons. The molecule has 0 aliphatic heterocycles. The van der Waals surface area contributed by atoms with Gasteiger partial charge in [-0.05, 0) is 46.1 Å². The Kier molecular flexibility index (Phi) is 8.96. The Balaban J connectivity index is 2.42. The van der Waals surface area contributed by atoms with Crippen LogP contribution in [0.15, 0.2) is 6.07 Å². The number of imidazole rings is 1. The SMILES string of the molecule is CCOC(=O)c1cc(F)c(F)c2nc(NCCCN(C)C)n(COCC[Si](C)(C)C)c12. The van der Waals surface area contributed by atoms with Crippen molar-refractivity contribution in [3.05, 3.63) is 23.3 Å². The number of nitrogens with zero attached hydrogens (tertiary/aromatic N) is 3. The van der Waals surface area contributed by atoms with Crippen LogP contribution < -0.4 is 5.32 Å². The first-order chi connectivity index (χ1) is 14.5. The lowest BCUT2D eigenvalue weighted by molar-refractivity contribution is 0.0526. The van der Waals surface area contributed by atoms with E-state index in [2.05, 4.69) is 34.8 Å². The average molecular weight is 457 g/mol. The van der Waals surface area contributed by atoms with Crippen molar-refractivity contribution in [1.82, 2.24) is 14.5 Å². The van der Waals surface area contributed by atoms with E-state index in [1.54, 1.807) is 11.5 Å². The largest absolute Gasteiger partial charge is 0.462 e. The van der Waals surface area contributed by atoms with Crippen molar-refractivity contribution in [2.24, 2.45) is 0 Å². The van der Waals surface area contributed by atoms with Gasteiger partial charge in [0.1, 0.15) is 12.2 Å². The second-order valence-electron chi connectivity index (χ2n) is 8.93. The van der Waals surface area contributed by atoms with E-state index in [1.807, 2.05) is 14.1 Å². The second kappa shape index (κ2) is 11.0. The summed E-state index contributed by atoms with van der Waals surface area (Å²) in [6, 6.07) is 1.82. The Morgan fingerprint density at radius 3 is 2.61 bits per heavy atom. The zero-order valence-electron chi connectivity index (χ0n) is 19.3. The summed E-state index contributed by atoms with van der Waals surface area (Å²) in [6.45, 7) is 10.6. The molecular formula is C21H34F2N4O3Si. The van der Waals surface area contributed by atoms with Crippen molar-refractivity contribution >= 4 is 31.0 Å². The van der Waals surface area contributed by atoms with Crippen LogP contribution in [0.25, 0.3) is 11.0 Å². The molecule has 0 saturated carbocycles. The van der Waals surface area contributed by atoms with Crippen molar-refractivity contribution in [3.8, 4) is 0 Å². The number of esters is 1. The van der Waals surface area contributed by atoms with E-state index in [0.717, 1.165) is 25.1 Å². The smallest absolute Gasteiger partial charge is 0.340 e. The number of ether oxygens (including phenoxy) is 2. The van der Waals surface area contributed by atoms with Crippen molar-refractivity contribution in [1.29, 1.82) is 0 Å². The molecule has 7 nitrogen and oxygen atoms in total. The summed E-state index contributed by atoms with van der Waals surface area (Å²) in [5.74, 6) is -2.63. The number of carbonyl (C=O) groups excluding carboxylic acids is 1. The van der Waals surface area contributed by atoms with Gasteiger partial charge in [0, 0.05) is 21.2 Å². The topological polar surface area (TPSA) is 68.6 Å². The molecule has 0 amide bonds. The van der Waals surface area contributed by atoms with Crippen molar-refractivity contribution < 1.29 is 23.0 Å². The summed E-state index contributed by atoms with van der Waals surface area (Å²) >= 11 is 0. The molecule has 1 aromatic heterocycles. The van der Waals surface area contributed by atoms with Gasteiger partial charge in [0.05, 0.1) is 17.7 Å². The van der Waals surface area contributed by atoms with Crippen molar-refractivity contribution in [2.45, 2.75) is 45.8 Å². The third-order valence-electron chi connectivity index (χ3n) is 4.69. The van der Waals surface area contributed by atoms with Crippen LogP contribution in [0.4, 0.5) is 14.7 Å². The number of carbonyl (C=O) groups is 1. The minimum Gasteiger partial charge on any atom is -0.462 e. The normalized spacial score (nSPS) is 12.0. The molecule has 0 aliphatic rings. The van der Waals surface area contributed by atoms with Gasteiger partial charge in [0.25, 0.3) is 0 Å². The van der Waals surface area contributed by atoms with Gasteiger partial charge >= 0.3 is 5.97 Å². The van der Waals surface area contributed by atoms with Crippen LogP contribution in [0, 0.1) is 11.6 Å². The van der Waals surface area contributed by atoms with Crippen LogP contribution in [-0.2, 0) is 16.2 Å². The van der Waals surface area contributed by atoms with Gasteiger partial charge in [-0.3, -0.25) is 4.57 Å². The highest BCUT2D eigenvalue weighted by molar-refractivity contribution is 6.76. The third-order valence-corrected chi connectivity index (χ3v) is 6.39. The molecule has 31 heavy (non-hydrogen) atoms. The van der Waals surface area contributed by atoms with Crippen LogP contribution in [-0.4, -0.2) is 68.9 Å². The maximum absolute atomic E-state index is 14.6. The Hall–Kier alpha value is -2.04. The molecule has 0 fully saturated rings. The van der Waals surface area contributed by atoms with Crippen LogP contribution in [0.1, 0.15) is 23.7 Å². The quantitative estimate of drug-likeness (QED) is 0.294. The Labute approximate surface area is 183 Å². The molecule has 1 N–H and O–H groups in total. The van der Waals surface area contributed by atoms with Gasteiger partial charge in [-0.25, -0.2) is 18.6 Å². The molecular weight excluding hydrogens is 422 g/mol. The van der Waals surface area contributed by atoms with Gasteiger partial charge in [-0.15, -0.1) is 0 Å². The minimum absolute atomic E-state index is 0.0640. The van der Waals surface area contributed by atoms with Crippen LogP contribution in [0.2, 0.25) is 25.7 Å². The molecule has 0 atom stereocenters. The molecule has 10 heteroatoms. The first kappa shape index (κ1) is 25.2. The predicted molar refractivity (Wildman–Crippen MR) is 121 cm³/mol. The lowest BCUT2D eigenvalue weighted by atomic mass is 10.1. The highest BCUT2D eigenvalue weighted by atomic mass is 28.3. The molecule has 0 spiro atoms. The van der Waals surface area contributed by atoms with Crippen LogP contribution in [0.3, 0.4) is 0 Å². The molecule has 0 unspecified atom stereocenters. The molecule has 2 aromatic rings. The lowest BCUT2D eigenvalue weighted by Crippen LogP contribution is -2.22. The summed E-state index contributed by atoms with van der Waals surface area (Å²) in [5, 5.41) is 3.17. The summed E-state index contributed by atoms with van der Waals surface area (Å²) in [6.07, 6.45) is 0.828. The molecule has 174 valence electrons. The highest BCUT2D eigenvalue weighted by Gasteiger charge is 2.25. The van der Waals surface area contributed by atoms with Gasteiger partial charge < -0.3 is 19.7 Å². The van der Waals surface area contributed by atoms with E-state index in [0.29, 0.717) is 19.1 Å². The molecule has 1 aromatic carbocycles. The second-order valence-corrected chi connectivity index (χ2v) is 14.6. The van der Waals surface area contributed by atoms with Gasteiger partial charge in [-0.2, -0.15) is 0 Å². The number of halogens is 2. The fraction of sp³-hybridized carbons (Fsp3) is 0.619. The highest BCUT2D eigenvalue weighted by Crippen LogP contribution is 2.29. The molecule has 0 saturated heterocycles. The fourth-order valence-electron chi connectivity index (χ4n) is 3.01. The number of anilines is 1. The van der Waals surface area contributed by atoms with Crippen LogP contribution in [0.5, 0.6) is 0 Å². The van der Waals surface area contributed by atoms with Crippen molar-refractivity contribution in [3.63, 3.8) is 0 Å². The number of fused-ring (bicyclic) bond motifs is 1. The van der Waals surface area contributed by atoms with E-state index in [1.165, 1.54) is 0 Å². The predicted octanol–water partition coefficient (Wildman–Crippen LogP) is 4.17. The van der Waals surface area contributed by atoms with Crippen LogP contribution >= 0.6 is 0 Å². The van der Waals surface area contributed by atoms with E-state index < -0.39 is 25.7 Å². The Morgan fingerprint density at radius 1 is 1.29 bits per heavy atom. The summed E-state index contributed by atoms with van der Waals surface area (Å²) < 4.78 is 41.3. The standard InChI is InChI=1S/C21H34F2N4O3Si/c1-7-30-20(28)15-13-16(22)17(23)18-19(15)27(14-29-11-12-31(4,5)6)21(25-18)24-9-8-10-26(2)3/h13H,7-12,14H2,1-6H3,(H,24,25). The van der Waals surface area contributed by atoms with Gasteiger partial charge in [-0.1, -0.05) is 19.6 Å². The van der Waals surface area contributed by atoms with E-state index in [9.17, 15) is 13.6 Å². The maximum Gasteiger partial charge on any atom is 0.340 e.